The van der Waals surface area contributed by atoms with Crippen molar-refractivity contribution in [1.29, 1.82) is 5.26 Å². The van der Waals surface area contributed by atoms with Crippen molar-refractivity contribution in [3.63, 3.8) is 0 Å². The molecule has 0 amide bonds. The van der Waals surface area contributed by atoms with E-state index in [4.69, 9.17) is 9.15 Å². The van der Waals surface area contributed by atoms with Gasteiger partial charge >= 0.3 is 5.97 Å². The van der Waals surface area contributed by atoms with Gasteiger partial charge in [-0.25, -0.2) is 8.42 Å². The van der Waals surface area contributed by atoms with Crippen LogP contribution in [0.2, 0.25) is 0 Å². The molecule has 1 saturated heterocycles. The first-order valence-corrected chi connectivity index (χ1v) is 11.0. The van der Waals surface area contributed by atoms with E-state index in [1.807, 2.05) is 6.07 Å². The smallest absolute Gasteiger partial charge is 0.329 e. The second-order valence-corrected chi connectivity index (χ2v) is 9.37. The number of hydrogen-bond donors (Lipinski definition) is 0. The summed E-state index contributed by atoms with van der Waals surface area (Å²) in [6.45, 7) is 6.60. The Balaban J connectivity index is 2.25. The number of ether oxygens (including phenoxy) is 1. The quantitative estimate of drug-likeness (QED) is 0.266. The summed E-state index contributed by atoms with van der Waals surface area (Å²) in [5, 5.41) is 21.2. The van der Waals surface area contributed by atoms with Crippen LogP contribution in [-0.4, -0.2) is 36.8 Å². The highest BCUT2D eigenvalue weighted by atomic mass is 32.2. The molecule has 1 aromatic heterocycles. The average molecular weight is 459 g/mol. The Bertz CT molecular complexity index is 1180. The average Bonchev–Trinajstić information content (AvgIpc) is 3.39. The fourth-order valence-electron chi connectivity index (χ4n) is 4.02. The van der Waals surface area contributed by atoms with E-state index in [1.54, 1.807) is 13.8 Å². The van der Waals surface area contributed by atoms with Crippen LogP contribution in [0.4, 0.5) is 5.69 Å². The van der Waals surface area contributed by atoms with Gasteiger partial charge in [-0.15, -0.1) is 6.58 Å². The van der Waals surface area contributed by atoms with Crippen LogP contribution < -0.4 is 0 Å². The number of carbonyl (C=O) groups is 1. The molecule has 0 unspecified atom stereocenters. The van der Waals surface area contributed by atoms with Crippen molar-refractivity contribution in [2.45, 2.75) is 24.8 Å². The Hall–Kier alpha value is -3.49. The zero-order chi connectivity index (χ0) is 23.7. The molecule has 0 saturated carbocycles. The van der Waals surface area contributed by atoms with Gasteiger partial charge in [0.25, 0.3) is 5.69 Å². The van der Waals surface area contributed by atoms with E-state index in [2.05, 4.69) is 6.58 Å². The topological polar surface area (TPSA) is 144 Å². The Labute approximate surface area is 184 Å². The number of furan rings is 1. The van der Waals surface area contributed by atoms with Gasteiger partial charge in [-0.1, -0.05) is 13.0 Å². The summed E-state index contributed by atoms with van der Waals surface area (Å²) in [5.41, 5.74) is -3.60. The number of non-ortho nitro benzene ring substituents is 1. The van der Waals surface area contributed by atoms with Crippen LogP contribution in [0, 0.1) is 32.3 Å². The van der Waals surface area contributed by atoms with Crippen molar-refractivity contribution in [1.82, 2.24) is 4.31 Å². The lowest BCUT2D eigenvalue weighted by atomic mass is 9.64. The second-order valence-electron chi connectivity index (χ2n) is 7.48. The van der Waals surface area contributed by atoms with Crippen LogP contribution >= 0.6 is 0 Å². The van der Waals surface area contributed by atoms with Gasteiger partial charge in [-0.2, -0.15) is 9.57 Å². The highest BCUT2D eigenvalue weighted by Gasteiger charge is 2.70. The molecule has 1 fully saturated rings. The molecular formula is C21H21N3O7S. The van der Waals surface area contributed by atoms with Gasteiger partial charge in [0.15, 0.2) is 5.41 Å². The van der Waals surface area contributed by atoms with Crippen LogP contribution in [0.5, 0.6) is 0 Å². The highest BCUT2D eigenvalue weighted by Crippen LogP contribution is 2.60. The van der Waals surface area contributed by atoms with E-state index >= 15 is 0 Å². The molecule has 1 aliphatic heterocycles. The summed E-state index contributed by atoms with van der Waals surface area (Å²) in [5.74, 6) is -0.816. The third kappa shape index (κ3) is 3.28. The van der Waals surface area contributed by atoms with Crippen molar-refractivity contribution >= 4 is 21.7 Å². The molecule has 0 aliphatic carbocycles. The largest absolute Gasteiger partial charge is 0.468 e. The van der Waals surface area contributed by atoms with E-state index in [1.165, 1.54) is 24.5 Å². The zero-order valence-corrected chi connectivity index (χ0v) is 18.2. The number of esters is 1. The number of hydrogen-bond acceptors (Lipinski definition) is 8. The molecule has 32 heavy (non-hydrogen) atoms. The number of benzene rings is 1. The molecule has 11 heteroatoms. The van der Waals surface area contributed by atoms with Crippen LogP contribution in [0.15, 0.2) is 64.6 Å². The summed E-state index contributed by atoms with van der Waals surface area (Å²) in [6, 6.07) is 8.01. The van der Waals surface area contributed by atoms with E-state index in [0.717, 1.165) is 28.6 Å². The van der Waals surface area contributed by atoms with Crippen molar-refractivity contribution in [3.05, 3.63) is 71.2 Å². The maximum atomic E-state index is 13.6. The number of carbonyl (C=O) groups excluding carboxylic acids is 1. The first kappa shape index (κ1) is 23.2. The Morgan fingerprint density at radius 2 is 2.09 bits per heavy atom. The van der Waals surface area contributed by atoms with Crippen LogP contribution in [0.1, 0.15) is 25.6 Å². The van der Waals surface area contributed by atoms with Gasteiger partial charge < -0.3 is 9.15 Å². The number of nitro groups is 1. The maximum absolute atomic E-state index is 13.6. The third-order valence-electron chi connectivity index (χ3n) is 5.77. The molecule has 10 nitrogen and oxygen atoms in total. The summed E-state index contributed by atoms with van der Waals surface area (Å²) in [4.78, 5) is 23.2. The van der Waals surface area contributed by atoms with Crippen molar-refractivity contribution in [2.24, 2.45) is 10.8 Å². The minimum atomic E-state index is -4.32. The van der Waals surface area contributed by atoms with E-state index in [-0.39, 0.29) is 29.5 Å². The fourth-order valence-corrected chi connectivity index (χ4v) is 5.75. The van der Waals surface area contributed by atoms with Gasteiger partial charge in [0.05, 0.1) is 28.8 Å². The van der Waals surface area contributed by atoms with E-state index in [9.17, 15) is 28.6 Å². The van der Waals surface area contributed by atoms with Crippen molar-refractivity contribution in [3.8, 4) is 6.07 Å². The molecule has 2 heterocycles. The summed E-state index contributed by atoms with van der Waals surface area (Å²) in [7, 11) is -4.32. The van der Waals surface area contributed by atoms with Crippen LogP contribution in [-0.2, 0) is 19.6 Å². The lowest BCUT2D eigenvalue weighted by Crippen LogP contribution is -2.46. The third-order valence-corrected chi connectivity index (χ3v) is 7.60. The zero-order valence-electron chi connectivity index (χ0n) is 17.4. The molecule has 0 N–H and O–H groups in total. The van der Waals surface area contributed by atoms with E-state index < -0.39 is 37.8 Å². The van der Waals surface area contributed by atoms with Gasteiger partial charge in [0.2, 0.25) is 10.0 Å². The fraction of sp³-hybridized carbons (Fsp3) is 0.333. The summed E-state index contributed by atoms with van der Waals surface area (Å²) < 4.78 is 38.9. The monoisotopic (exact) mass is 459 g/mol. The van der Waals surface area contributed by atoms with Gasteiger partial charge in [-0.3, -0.25) is 14.9 Å². The minimum Gasteiger partial charge on any atom is -0.468 e. The molecular weight excluding hydrogens is 438 g/mol. The number of sulfonamides is 1. The number of nitro benzene ring substituents is 1. The van der Waals surface area contributed by atoms with Crippen LogP contribution in [0.25, 0.3) is 0 Å². The van der Waals surface area contributed by atoms with Crippen LogP contribution in [0.3, 0.4) is 0 Å². The molecule has 3 rings (SSSR count). The Morgan fingerprint density at radius 1 is 1.44 bits per heavy atom. The van der Waals surface area contributed by atoms with Crippen molar-refractivity contribution in [2.75, 3.05) is 13.2 Å². The number of rotatable bonds is 7. The molecule has 3 atom stereocenters. The molecule has 1 aromatic carbocycles. The Morgan fingerprint density at radius 3 is 2.56 bits per heavy atom. The first-order chi connectivity index (χ1) is 15.1. The molecule has 1 aliphatic rings. The second kappa shape index (κ2) is 8.22. The Kier molecular flexibility index (Phi) is 5.95. The lowest BCUT2D eigenvalue weighted by Gasteiger charge is -2.35. The first-order valence-electron chi connectivity index (χ1n) is 9.61. The van der Waals surface area contributed by atoms with E-state index in [0.29, 0.717) is 0 Å². The normalized spacial score (nSPS) is 25.7. The predicted octanol–water partition coefficient (Wildman–Crippen LogP) is 3.20. The van der Waals surface area contributed by atoms with Crippen molar-refractivity contribution < 1.29 is 27.3 Å². The van der Waals surface area contributed by atoms with Gasteiger partial charge in [0, 0.05) is 24.1 Å². The maximum Gasteiger partial charge on any atom is 0.329 e. The predicted molar refractivity (Wildman–Crippen MR) is 111 cm³/mol. The lowest BCUT2D eigenvalue weighted by molar-refractivity contribution is -0.384. The summed E-state index contributed by atoms with van der Waals surface area (Å²) >= 11 is 0. The number of nitriles is 1. The molecule has 168 valence electrons. The standard InChI is InChI=1S/C21H21N3O7S/c1-4-20(3)14-23(32(28,29)16-10-8-15(9-11-16)24(26)27)18(17-7-6-12-31-17)21(20,13-22)19(25)30-5-2/h4,6-12,18H,1,5,14H2,2-3H3/t18-,20+,21+/m0/s1. The minimum absolute atomic E-state index is 0.0184. The highest BCUT2D eigenvalue weighted by molar-refractivity contribution is 7.89. The number of nitrogens with zero attached hydrogens (tertiary/aromatic N) is 3. The molecule has 0 radical (unpaired) electrons. The van der Waals surface area contributed by atoms with Gasteiger partial charge in [-0.05, 0) is 31.2 Å². The van der Waals surface area contributed by atoms with Gasteiger partial charge in [0.1, 0.15) is 11.8 Å². The molecule has 0 spiro atoms. The SMILES string of the molecule is C=C[C@]1(C)CN(S(=O)(=O)c2ccc([N+](=O)[O-])cc2)[C@@H](c2ccco2)[C@]1(C#N)C(=O)OCC. The molecule has 0 bridgehead atoms. The molecule has 2 aromatic rings. The summed E-state index contributed by atoms with van der Waals surface area (Å²) in [6.07, 6.45) is 2.68.